The summed E-state index contributed by atoms with van der Waals surface area (Å²) in [6, 6.07) is 0. The van der Waals surface area contributed by atoms with Crippen molar-refractivity contribution in [3.63, 3.8) is 0 Å². The zero-order chi connectivity index (χ0) is 8.69. The van der Waals surface area contributed by atoms with Gasteiger partial charge in [0, 0.05) is 17.9 Å². The molecule has 0 amide bonds. The van der Waals surface area contributed by atoms with Crippen LogP contribution in [0.25, 0.3) is 10.4 Å². The number of hydrogen-bond acceptors (Lipinski definition) is 3. The van der Waals surface area contributed by atoms with Crippen molar-refractivity contribution in [2.45, 2.75) is 12.0 Å². The second kappa shape index (κ2) is 5.64. The van der Waals surface area contributed by atoms with Gasteiger partial charge in [0.1, 0.15) is 0 Å². The van der Waals surface area contributed by atoms with Gasteiger partial charge in [0.05, 0.1) is 0 Å². The number of ether oxygens (including phenoxy) is 1. The predicted molar refractivity (Wildman–Crippen MR) is 37.4 cm³/mol. The molecule has 11 heavy (non-hydrogen) atoms. The maximum absolute atomic E-state index is 9.83. The fourth-order valence-corrected chi connectivity index (χ4v) is 0.546. The fraction of sp³-hybridized carbons (Fsp3) is 0.750. The van der Waals surface area contributed by atoms with Gasteiger partial charge in [-0.2, -0.15) is 0 Å². The Hall–Kier alpha value is -1.13. The van der Waals surface area contributed by atoms with E-state index in [2.05, 4.69) is 14.8 Å². The van der Waals surface area contributed by atoms with Crippen LogP contribution in [0.3, 0.4) is 0 Å². The van der Waals surface area contributed by atoms with Crippen molar-refractivity contribution < 1.29 is 14.6 Å². The van der Waals surface area contributed by atoms with Gasteiger partial charge in [0.2, 0.25) is 0 Å². The number of hydrogen-bond donors (Lipinski definition) is 1. The van der Waals surface area contributed by atoms with Crippen LogP contribution in [0.5, 0.6) is 0 Å². The lowest BCUT2D eigenvalue weighted by molar-refractivity contribution is 0.0782. The molecule has 0 aliphatic heterocycles. The Morgan fingerprint density at radius 1 is 1.91 bits per heavy atom. The quantitative estimate of drug-likeness (QED) is 0.235. The lowest BCUT2D eigenvalue weighted by Crippen LogP contribution is -2.11. The zero-order valence-corrected chi connectivity index (χ0v) is 6.23. The molecule has 0 heterocycles. The largest absolute Gasteiger partial charge is 0.507 e. The van der Waals surface area contributed by atoms with Gasteiger partial charge >= 0.3 is 6.16 Å². The Labute approximate surface area is 67.3 Å². The van der Waals surface area contributed by atoms with Crippen molar-refractivity contribution in [3.8, 4) is 0 Å². The third-order valence-electron chi connectivity index (χ3n) is 0.748. The summed E-state index contributed by atoms with van der Waals surface area (Å²) in [6.45, 7) is 0.123. The third kappa shape index (κ3) is 6.76. The predicted octanol–water partition coefficient (Wildman–Crippen LogP) is 1.95. The molecule has 6 nitrogen and oxygen atoms in total. The molecule has 0 aromatic heterocycles. The summed E-state index contributed by atoms with van der Waals surface area (Å²) in [7, 11) is 0. The summed E-state index contributed by atoms with van der Waals surface area (Å²) in [5.41, 5.74) is 6.87. The smallest absolute Gasteiger partial charge is 0.450 e. The van der Waals surface area contributed by atoms with E-state index in [0.29, 0.717) is 0 Å². The van der Waals surface area contributed by atoms with E-state index in [4.69, 9.17) is 22.2 Å². The van der Waals surface area contributed by atoms with Crippen molar-refractivity contribution in [3.05, 3.63) is 10.4 Å². The molecule has 0 bridgehead atoms. The summed E-state index contributed by atoms with van der Waals surface area (Å²) in [6.07, 6.45) is -1.26. The van der Waals surface area contributed by atoms with Gasteiger partial charge in [-0.25, -0.2) is 4.79 Å². The first-order valence-corrected chi connectivity index (χ1v) is 3.15. The van der Waals surface area contributed by atoms with Gasteiger partial charge in [0.25, 0.3) is 0 Å². The van der Waals surface area contributed by atoms with Crippen molar-refractivity contribution in [1.29, 1.82) is 0 Å². The molecule has 62 valence electrons. The van der Waals surface area contributed by atoms with Crippen LogP contribution in [0.2, 0.25) is 0 Å². The minimum absolute atomic E-state index is 0.123. The Morgan fingerprint density at radius 2 is 2.55 bits per heavy atom. The van der Waals surface area contributed by atoms with Crippen molar-refractivity contribution >= 4 is 17.8 Å². The van der Waals surface area contributed by atoms with Crippen molar-refractivity contribution in [1.82, 2.24) is 0 Å². The van der Waals surface area contributed by atoms with Gasteiger partial charge in [-0.3, -0.25) is 0 Å². The Balaban J connectivity index is 3.44. The zero-order valence-electron chi connectivity index (χ0n) is 5.47. The van der Waals surface area contributed by atoms with Gasteiger partial charge in [0.15, 0.2) is 5.56 Å². The molecule has 0 saturated heterocycles. The first-order chi connectivity index (χ1) is 5.16. The molecule has 0 fully saturated rings. The highest BCUT2D eigenvalue weighted by molar-refractivity contribution is 6.20. The van der Waals surface area contributed by atoms with E-state index in [0.717, 1.165) is 0 Å². The van der Waals surface area contributed by atoms with E-state index >= 15 is 0 Å². The Bertz CT molecular complexity index is 179. The van der Waals surface area contributed by atoms with Crippen LogP contribution < -0.4 is 0 Å². The summed E-state index contributed by atoms with van der Waals surface area (Å²) >= 11 is 5.33. The average Bonchev–Trinajstić information content (AvgIpc) is 1.86. The van der Waals surface area contributed by atoms with Gasteiger partial charge in [-0.05, 0) is 5.53 Å². The molecule has 7 heteroatoms. The number of nitrogens with zero attached hydrogens (tertiary/aromatic N) is 3. The van der Waals surface area contributed by atoms with Gasteiger partial charge in [-0.15, -0.1) is 0 Å². The summed E-state index contributed by atoms with van der Waals surface area (Å²) in [5, 5.41) is 11.2. The van der Waals surface area contributed by atoms with Gasteiger partial charge in [-0.1, -0.05) is 16.7 Å². The normalized spacial score (nSPS) is 11.4. The maximum Gasteiger partial charge on any atom is 0.507 e. The van der Waals surface area contributed by atoms with Crippen LogP contribution >= 0.6 is 11.6 Å². The van der Waals surface area contributed by atoms with Crippen LogP contribution in [0.4, 0.5) is 4.79 Å². The van der Waals surface area contributed by atoms with Crippen LogP contribution in [-0.4, -0.2) is 23.4 Å². The summed E-state index contributed by atoms with van der Waals surface area (Å²) < 4.78 is 4.10. The molecular formula is C4H6ClN3O3. The number of carbonyl (C=O) groups is 1. The highest BCUT2D eigenvalue weighted by atomic mass is 35.5. The minimum atomic E-state index is -1.44. The van der Waals surface area contributed by atoms with Crippen molar-refractivity contribution in [2.75, 3.05) is 6.54 Å². The number of alkyl halides is 1. The Kier molecular flexibility index (Phi) is 5.06. The first kappa shape index (κ1) is 9.87. The van der Waals surface area contributed by atoms with Crippen molar-refractivity contribution in [2.24, 2.45) is 5.11 Å². The van der Waals surface area contributed by atoms with Gasteiger partial charge < -0.3 is 9.84 Å². The molecule has 0 spiro atoms. The molecule has 1 N–H and O–H groups in total. The van der Waals surface area contributed by atoms with E-state index in [1.165, 1.54) is 0 Å². The highest BCUT2D eigenvalue weighted by Gasteiger charge is 2.07. The van der Waals surface area contributed by atoms with E-state index < -0.39 is 11.7 Å². The molecule has 0 aliphatic carbocycles. The Morgan fingerprint density at radius 3 is 3.00 bits per heavy atom. The average molecular weight is 180 g/mol. The molecule has 0 rings (SSSR count). The molecule has 0 saturated carbocycles. The number of rotatable bonds is 4. The summed E-state index contributed by atoms with van der Waals surface area (Å²) in [5.74, 6) is 0. The molecular weight excluding hydrogens is 174 g/mol. The van der Waals surface area contributed by atoms with Crippen LogP contribution in [0, 0.1) is 0 Å². The number of azide groups is 1. The topological polar surface area (TPSA) is 95.3 Å². The lowest BCUT2D eigenvalue weighted by atomic mass is 10.5. The van der Waals surface area contributed by atoms with E-state index in [1.807, 2.05) is 0 Å². The van der Waals surface area contributed by atoms with Crippen LogP contribution in [0.15, 0.2) is 5.11 Å². The first-order valence-electron chi connectivity index (χ1n) is 2.71. The third-order valence-corrected chi connectivity index (χ3v) is 1.06. The molecule has 1 atom stereocenters. The van der Waals surface area contributed by atoms with E-state index in [9.17, 15) is 4.79 Å². The molecule has 0 aromatic rings. The van der Waals surface area contributed by atoms with E-state index in [-0.39, 0.29) is 13.0 Å². The monoisotopic (exact) mass is 179 g/mol. The number of halogens is 1. The molecule has 0 radical (unpaired) electrons. The molecule has 0 aliphatic rings. The maximum atomic E-state index is 9.83. The minimum Gasteiger partial charge on any atom is -0.450 e. The highest BCUT2D eigenvalue weighted by Crippen LogP contribution is 2.03. The SMILES string of the molecule is [N-]=[N+]=NCCC(Cl)OC(=O)O. The number of carboxylic acid groups (broad SMARTS) is 1. The lowest BCUT2D eigenvalue weighted by Gasteiger charge is -2.04. The molecule has 0 aromatic carbocycles. The standard InChI is InChI=1S/C4H6ClN3O3/c5-3(11-4(9)10)1-2-7-8-6/h3H,1-2H2,(H,9,10). The van der Waals surface area contributed by atoms with E-state index in [1.54, 1.807) is 0 Å². The molecule has 1 unspecified atom stereocenters. The second-order valence-electron chi connectivity index (χ2n) is 1.54. The van der Waals surface area contributed by atoms with Crippen LogP contribution in [0.1, 0.15) is 6.42 Å². The van der Waals surface area contributed by atoms with Crippen LogP contribution in [-0.2, 0) is 4.74 Å². The fourth-order valence-electron chi connectivity index (χ4n) is 0.372. The second-order valence-corrected chi connectivity index (χ2v) is 2.02. The summed E-state index contributed by atoms with van der Waals surface area (Å²) in [4.78, 5) is 12.3.